The first-order valence-corrected chi connectivity index (χ1v) is 6.65. The smallest absolute Gasteiger partial charge is 0.238 e. The number of amides is 1. The largest absolute Gasteiger partial charge is 0.325 e. The second-order valence-corrected chi connectivity index (χ2v) is 5.05. The molecule has 1 fully saturated rings. The molecule has 0 unspecified atom stereocenters. The monoisotopic (exact) mass is 328 g/mol. The summed E-state index contributed by atoms with van der Waals surface area (Å²) >= 11 is 6.20. The molecule has 1 aromatic heterocycles. The number of carbonyl (C=O) groups is 1. The first-order valence-electron chi connectivity index (χ1n) is 6.27. The van der Waals surface area contributed by atoms with Crippen LogP contribution in [-0.2, 0) is 4.79 Å². The minimum atomic E-state index is -0.266. The number of anilines is 1. The molecule has 0 aliphatic heterocycles. The normalized spacial score (nSPS) is 13.6. The molecule has 1 aromatic carbocycles. The predicted molar refractivity (Wildman–Crippen MR) is 81.1 cm³/mol. The van der Waals surface area contributed by atoms with E-state index >= 15 is 0 Å². The lowest BCUT2D eigenvalue weighted by Crippen LogP contribution is -2.21. The predicted octanol–water partition coefficient (Wildman–Crippen LogP) is 1.51. The zero-order valence-corrected chi connectivity index (χ0v) is 12.6. The molecular formula is C12H14Cl2N6O. The van der Waals surface area contributed by atoms with Crippen LogP contribution in [0, 0.1) is 0 Å². The van der Waals surface area contributed by atoms with Crippen LogP contribution >= 0.6 is 24.0 Å². The van der Waals surface area contributed by atoms with Crippen LogP contribution in [0.2, 0.25) is 5.02 Å². The van der Waals surface area contributed by atoms with Gasteiger partial charge >= 0.3 is 0 Å². The van der Waals surface area contributed by atoms with Crippen LogP contribution in [0.5, 0.6) is 0 Å². The van der Waals surface area contributed by atoms with Crippen molar-refractivity contribution in [3.63, 3.8) is 0 Å². The average molecular weight is 329 g/mol. The Bertz CT molecular complexity index is 655. The fourth-order valence-electron chi connectivity index (χ4n) is 1.93. The first-order chi connectivity index (χ1) is 9.69. The molecule has 1 heterocycles. The van der Waals surface area contributed by atoms with E-state index in [1.54, 1.807) is 22.9 Å². The second-order valence-electron chi connectivity index (χ2n) is 4.64. The van der Waals surface area contributed by atoms with Gasteiger partial charge in [-0.3, -0.25) is 4.79 Å². The number of carbonyl (C=O) groups excluding carboxylic acids is 1. The SMILES string of the molecule is Cl.NCC(=O)Nc1ccc(Cl)c(-n2nnnc2C2CC2)c1. The van der Waals surface area contributed by atoms with Gasteiger partial charge in [0.25, 0.3) is 0 Å². The molecule has 0 spiro atoms. The molecule has 0 bridgehead atoms. The Morgan fingerprint density at radius 2 is 2.24 bits per heavy atom. The standard InChI is InChI=1S/C12H13ClN6O.ClH/c13-9-4-3-8(15-11(20)6-14)5-10(9)19-12(7-1-2-7)16-17-18-19;/h3-5,7H,1-2,6,14H2,(H,15,20);1H. The fraction of sp³-hybridized carbons (Fsp3) is 0.333. The first kappa shape index (κ1) is 15.7. The maximum Gasteiger partial charge on any atom is 0.238 e. The van der Waals surface area contributed by atoms with E-state index in [0.717, 1.165) is 18.7 Å². The summed E-state index contributed by atoms with van der Waals surface area (Å²) < 4.78 is 1.62. The van der Waals surface area contributed by atoms with Crippen molar-refractivity contribution in [2.24, 2.45) is 5.73 Å². The van der Waals surface area contributed by atoms with Crippen molar-refractivity contribution in [3.8, 4) is 5.69 Å². The number of hydrogen-bond donors (Lipinski definition) is 2. The Morgan fingerprint density at radius 1 is 1.48 bits per heavy atom. The minimum Gasteiger partial charge on any atom is -0.325 e. The molecule has 112 valence electrons. The zero-order chi connectivity index (χ0) is 14.1. The number of tetrazole rings is 1. The fourth-order valence-corrected chi connectivity index (χ4v) is 2.12. The van der Waals surface area contributed by atoms with Crippen molar-refractivity contribution in [3.05, 3.63) is 29.0 Å². The van der Waals surface area contributed by atoms with Gasteiger partial charge in [-0.25, -0.2) is 0 Å². The van der Waals surface area contributed by atoms with E-state index in [2.05, 4.69) is 20.8 Å². The highest BCUT2D eigenvalue weighted by atomic mass is 35.5. The summed E-state index contributed by atoms with van der Waals surface area (Å²) in [7, 11) is 0. The molecule has 0 saturated heterocycles. The molecule has 9 heteroatoms. The van der Waals surface area contributed by atoms with Gasteiger partial charge in [-0.1, -0.05) is 11.6 Å². The topological polar surface area (TPSA) is 98.7 Å². The van der Waals surface area contributed by atoms with Crippen molar-refractivity contribution in [2.45, 2.75) is 18.8 Å². The van der Waals surface area contributed by atoms with E-state index in [1.165, 1.54) is 0 Å². The number of nitrogens with one attached hydrogen (secondary N) is 1. The van der Waals surface area contributed by atoms with E-state index in [0.29, 0.717) is 22.3 Å². The molecular weight excluding hydrogens is 315 g/mol. The molecule has 3 N–H and O–H groups in total. The van der Waals surface area contributed by atoms with E-state index < -0.39 is 0 Å². The van der Waals surface area contributed by atoms with Crippen LogP contribution in [0.1, 0.15) is 24.6 Å². The van der Waals surface area contributed by atoms with Crippen molar-refractivity contribution >= 4 is 35.6 Å². The van der Waals surface area contributed by atoms with Crippen molar-refractivity contribution in [2.75, 3.05) is 11.9 Å². The third kappa shape index (κ3) is 3.31. The summed E-state index contributed by atoms with van der Waals surface area (Å²) in [5.74, 6) is 0.926. The second kappa shape index (κ2) is 6.38. The maximum absolute atomic E-state index is 11.3. The highest BCUT2D eigenvalue weighted by Gasteiger charge is 2.30. The number of nitrogens with zero attached hydrogens (tertiary/aromatic N) is 4. The Labute approximate surface area is 132 Å². The minimum absolute atomic E-state index is 0. The maximum atomic E-state index is 11.3. The van der Waals surface area contributed by atoms with Gasteiger partial charge in [0, 0.05) is 11.6 Å². The van der Waals surface area contributed by atoms with Crippen LogP contribution in [0.25, 0.3) is 5.69 Å². The number of nitrogens with two attached hydrogens (primary N) is 1. The summed E-state index contributed by atoms with van der Waals surface area (Å²) in [5.41, 5.74) is 6.53. The number of aromatic nitrogens is 4. The molecule has 1 aliphatic rings. The summed E-state index contributed by atoms with van der Waals surface area (Å²) in [6.07, 6.45) is 2.17. The average Bonchev–Trinajstić information content (AvgIpc) is 3.18. The molecule has 3 rings (SSSR count). The van der Waals surface area contributed by atoms with Gasteiger partial charge in [0.1, 0.15) is 0 Å². The molecule has 1 saturated carbocycles. The van der Waals surface area contributed by atoms with Gasteiger partial charge < -0.3 is 11.1 Å². The van der Waals surface area contributed by atoms with Gasteiger partial charge in [-0.15, -0.1) is 17.5 Å². The number of halogens is 2. The molecule has 1 amide bonds. The Morgan fingerprint density at radius 3 is 2.90 bits per heavy atom. The van der Waals surface area contributed by atoms with Crippen LogP contribution in [0.4, 0.5) is 5.69 Å². The van der Waals surface area contributed by atoms with Crippen molar-refractivity contribution in [1.82, 2.24) is 20.2 Å². The van der Waals surface area contributed by atoms with Crippen LogP contribution in [0.3, 0.4) is 0 Å². The molecule has 0 atom stereocenters. The number of benzene rings is 1. The van der Waals surface area contributed by atoms with Gasteiger partial charge in [0.2, 0.25) is 5.91 Å². The van der Waals surface area contributed by atoms with Crippen LogP contribution in [-0.4, -0.2) is 32.7 Å². The quantitative estimate of drug-likeness (QED) is 0.886. The summed E-state index contributed by atoms with van der Waals surface area (Å²) in [6.45, 7) is -0.0732. The molecule has 7 nitrogen and oxygen atoms in total. The van der Waals surface area contributed by atoms with Crippen molar-refractivity contribution < 1.29 is 4.79 Å². The Kier molecular flexibility index (Phi) is 4.76. The summed E-state index contributed by atoms with van der Waals surface area (Å²) in [6, 6.07) is 5.14. The van der Waals surface area contributed by atoms with Crippen molar-refractivity contribution in [1.29, 1.82) is 0 Å². The third-order valence-corrected chi connectivity index (χ3v) is 3.40. The van der Waals surface area contributed by atoms with Gasteiger partial charge in [-0.05, 0) is 41.5 Å². The lowest BCUT2D eigenvalue weighted by atomic mass is 10.2. The highest BCUT2D eigenvalue weighted by Crippen LogP contribution is 2.39. The van der Waals surface area contributed by atoms with Gasteiger partial charge in [0.15, 0.2) is 5.82 Å². The van der Waals surface area contributed by atoms with E-state index in [4.69, 9.17) is 17.3 Å². The molecule has 1 aliphatic carbocycles. The molecule has 2 aromatic rings. The highest BCUT2D eigenvalue weighted by molar-refractivity contribution is 6.32. The molecule has 21 heavy (non-hydrogen) atoms. The molecule has 0 radical (unpaired) electrons. The van der Waals surface area contributed by atoms with E-state index in [9.17, 15) is 4.79 Å². The van der Waals surface area contributed by atoms with Gasteiger partial charge in [0.05, 0.1) is 17.3 Å². The van der Waals surface area contributed by atoms with Crippen LogP contribution < -0.4 is 11.1 Å². The number of hydrogen-bond acceptors (Lipinski definition) is 5. The van der Waals surface area contributed by atoms with E-state index in [1.807, 2.05) is 0 Å². The number of rotatable bonds is 4. The van der Waals surface area contributed by atoms with Crippen LogP contribution in [0.15, 0.2) is 18.2 Å². The lowest BCUT2D eigenvalue weighted by Gasteiger charge is -2.09. The van der Waals surface area contributed by atoms with E-state index in [-0.39, 0.29) is 24.9 Å². The lowest BCUT2D eigenvalue weighted by molar-refractivity contribution is -0.114. The third-order valence-electron chi connectivity index (χ3n) is 3.08. The van der Waals surface area contributed by atoms with Gasteiger partial charge in [-0.2, -0.15) is 4.68 Å². The zero-order valence-electron chi connectivity index (χ0n) is 11.0. The Balaban J connectivity index is 0.00000161. The Hall–Kier alpha value is -1.70. The summed E-state index contributed by atoms with van der Waals surface area (Å²) in [5, 5.41) is 14.9. The summed E-state index contributed by atoms with van der Waals surface area (Å²) in [4.78, 5) is 11.3.